The Balaban J connectivity index is 2.53. The first-order valence-electron chi connectivity index (χ1n) is 3.85. The van der Waals surface area contributed by atoms with Crippen molar-refractivity contribution >= 4 is 0 Å². The maximum atomic E-state index is 5.22. The Labute approximate surface area is 70.3 Å². The molecule has 0 unspecified atom stereocenters. The van der Waals surface area contributed by atoms with Crippen molar-refractivity contribution in [2.24, 2.45) is 0 Å². The molecule has 1 N–H and O–H groups in total. The van der Waals surface area contributed by atoms with Crippen molar-refractivity contribution in [1.82, 2.24) is 20.6 Å². The molecule has 0 saturated carbocycles. The zero-order valence-corrected chi connectivity index (χ0v) is 7.15. The lowest BCUT2D eigenvalue weighted by molar-refractivity contribution is -0.145. The maximum absolute atomic E-state index is 5.22. The van der Waals surface area contributed by atoms with E-state index in [9.17, 15) is 0 Å². The molecule has 1 heterocycles. The van der Waals surface area contributed by atoms with Gasteiger partial charge in [0, 0.05) is 13.2 Å². The second-order valence-corrected chi connectivity index (χ2v) is 2.01. The molecule has 0 aliphatic carbocycles. The molecular weight excluding hydrogens is 160 g/mol. The average molecular weight is 172 g/mol. The second-order valence-electron chi connectivity index (χ2n) is 2.01. The molecule has 1 rings (SSSR count). The van der Waals surface area contributed by atoms with Crippen molar-refractivity contribution in [3.05, 3.63) is 5.82 Å². The number of H-pyrrole nitrogens is 1. The van der Waals surface area contributed by atoms with Crippen LogP contribution in [-0.2, 0) is 9.47 Å². The van der Waals surface area contributed by atoms with Gasteiger partial charge in [0.15, 0.2) is 0 Å². The van der Waals surface area contributed by atoms with Crippen molar-refractivity contribution in [3.63, 3.8) is 0 Å². The van der Waals surface area contributed by atoms with Crippen LogP contribution in [0, 0.1) is 0 Å². The van der Waals surface area contributed by atoms with E-state index >= 15 is 0 Å². The molecule has 6 nitrogen and oxygen atoms in total. The number of ether oxygens (including phenoxy) is 2. The number of aromatic nitrogens is 4. The van der Waals surface area contributed by atoms with Crippen molar-refractivity contribution < 1.29 is 9.47 Å². The van der Waals surface area contributed by atoms with Gasteiger partial charge in [-0.25, -0.2) is 0 Å². The normalized spacial score (nSPS) is 10.9. The lowest BCUT2D eigenvalue weighted by Gasteiger charge is -2.11. The van der Waals surface area contributed by atoms with Crippen LogP contribution in [0.15, 0.2) is 0 Å². The van der Waals surface area contributed by atoms with Gasteiger partial charge in [0.1, 0.15) is 0 Å². The number of tetrazole rings is 1. The van der Waals surface area contributed by atoms with Gasteiger partial charge in [-0.3, -0.25) is 0 Å². The molecule has 0 bridgehead atoms. The molecular formula is C6H12N4O2. The third-order valence-electron chi connectivity index (χ3n) is 1.21. The molecule has 0 atom stereocenters. The van der Waals surface area contributed by atoms with Gasteiger partial charge >= 0.3 is 0 Å². The summed E-state index contributed by atoms with van der Waals surface area (Å²) in [4.78, 5) is 0. The summed E-state index contributed by atoms with van der Waals surface area (Å²) in [6.45, 7) is 4.87. The molecule has 0 aliphatic heterocycles. The first-order valence-corrected chi connectivity index (χ1v) is 3.85. The molecule has 1 aromatic heterocycles. The van der Waals surface area contributed by atoms with Gasteiger partial charge in [-0.1, -0.05) is 0 Å². The van der Waals surface area contributed by atoms with Crippen LogP contribution in [0.1, 0.15) is 26.0 Å². The predicted molar refractivity (Wildman–Crippen MR) is 40.2 cm³/mol. The molecule has 0 amide bonds. The van der Waals surface area contributed by atoms with E-state index in [4.69, 9.17) is 9.47 Å². The van der Waals surface area contributed by atoms with Crippen molar-refractivity contribution in [2.45, 2.75) is 20.1 Å². The number of hydrogen-bond donors (Lipinski definition) is 1. The first-order chi connectivity index (χ1) is 5.88. The Morgan fingerprint density at radius 2 is 2.00 bits per heavy atom. The van der Waals surface area contributed by atoms with E-state index in [1.54, 1.807) is 0 Å². The summed E-state index contributed by atoms with van der Waals surface area (Å²) >= 11 is 0. The second kappa shape index (κ2) is 4.78. The molecule has 0 saturated heterocycles. The van der Waals surface area contributed by atoms with Gasteiger partial charge in [0.25, 0.3) is 0 Å². The van der Waals surface area contributed by atoms with E-state index in [2.05, 4.69) is 20.6 Å². The van der Waals surface area contributed by atoms with Gasteiger partial charge in [0.2, 0.25) is 12.1 Å². The SMILES string of the molecule is CCOC(OCC)c1nn[nH]n1. The Morgan fingerprint density at radius 1 is 1.33 bits per heavy atom. The van der Waals surface area contributed by atoms with Gasteiger partial charge in [-0.15, -0.1) is 10.2 Å². The first kappa shape index (κ1) is 9.08. The van der Waals surface area contributed by atoms with Gasteiger partial charge in [0.05, 0.1) is 0 Å². The highest BCUT2D eigenvalue weighted by atomic mass is 16.7. The third kappa shape index (κ3) is 2.24. The van der Waals surface area contributed by atoms with Crippen LogP contribution < -0.4 is 0 Å². The summed E-state index contributed by atoms with van der Waals surface area (Å²) in [6.07, 6.45) is -0.501. The van der Waals surface area contributed by atoms with Crippen LogP contribution in [0.2, 0.25) is 0 Å². The summed E-state index contributed by atoms with van der Waals surface area (Å²) in [5.74, 6) is 0.429. The van der Waals surface area contributed by atoms with E-state index in [0.717, 1.165) is 0 Å². The van der Waals surface area contributed by atoms with Crippen LogP contribution in [0.5, 0.6) is 0 Å². The van der Waals surface area contributed by atoms with E-state index in [-0.39, 0.29) is 0 Å². The summed E-state index contributed by atoms with van der Waals surface area (Å²) in [6, 6.07) is 0. The third-order valence-corrected chi connectivity index (χ3v) is 1.21. The molecule has 0 aliphatic rings. The van der Waals surface area contributed by atoms with Crippen molar-refractivity contribution in [2.75, 3.05) is 13.2 Å². The molecule has 0 aromatic carbocycles. The van der Waals surface area contributed by atoms with Gasteiger partial charge < -0.3 is 9.47 Å². The van der Waals surface area contributed by atoms with Crippen LogP contribution in [0.4, 0.5) is 0 Å². The number of rotatable bonds is 5. The largest absolute Gasteiger partial charge is 0.346 e. The Kier molecular flexibility index (Phi) is 3.62. The predicted octanol–water partition coefficient (Wildman–Crippen LogP) is 0.271. The molecule has 1 aromatic rings. The Bertz CT molecular complexity index is 195. The van der Waals surface area contributed by atoms with Crippen LogP contribution in [0.3, 0.4) is 0 Å². The minimum atomic E-state index is -0.501. The van der Waals surface area contributed by atoms with E-state index in [1.165, 1.54) is 0 Å². The molecule has 0 radical (unpaired) electrons. The highest BCUT2D eigenvalue weighted by Crippen LogP contribution is 2.12. The average Bonchev–Trinajstić information content (AvgIpc) is 2.56. The molecule has 68 valence electrons. The van der Waals surface area contributed by atoms with Crippen LogP contribution in [-0.4, -0.2) is 33.8 Å². The van der Waals surface area contributed by atoms with Crippen molar-refractivity contribution in [1.29, 1.82) is 0 Å². The van der Waals surface area contributed by atoms with Gasteiger partial charge in [-0.05, 0) is 19.1 Å². The fraction of sp³-hybridized carbons (Fsp3) is 0.833. The van der Waals surface area contributed by atoms with E-state index in [0.29, 0.717) is 19.0 Å². The van der Waals surface area contributed by atoms with Crippen LogP contribution in [0.25, 0.3) is 0 Å². The minimum Gasteiger partial charge on any atom is -0.346 e. The fourth-order valence-electron chi connectivity index (χ4n) is 0.769. The number of aromatic amines is 1. The zero-order chi connectivity index (χ0) is 8.81. The van der Waals surface area contributed by atoms with Crippen LogP contribution >= 0.6 is 0 Å². The monoisotopic (exact) mass is 172 g/mol. The van der Waals surface area contributed by atoms with Crippen molar-refractivity contribution in [3.8, 4) is 0 Å². The lowest BCUT2D eigenvalue weighted by atomic mass is 10.6. The zero-order valence-electron chi connectivity index (χ0n) is 7.15. The number of hydrogen-bond acceptors (Lipinski definition) is 5. The smallest absolute Gasteiger partial charge is 0.230 e. The summed E-state index contributed by atoms with van der Waals surface area (Å²) in [5.41, 5.74) is 0. The molecule has 12 heavy (non-hydrogen) atoms. The Hall–Kier alpha value is -1.01. The Morgan fingerprint density at radius 3 is 2.42 bits per heavy atom. The highest BCUT2D eigenvalue weighted by molar-refractivity contribution is 4.77. The lowest BCUT2D eigenvalue weighted by Crippen LogP contribution is -2.10. The minimum absolute atomic E-state index is 0.429. The quantitative estimate of drug-likeness (QED) is 0.645. The molecule has 0 fully saturated rings. The summed E-state index contributed by atoms with van der Waals surface area (Å²) < 4.78 is 10.4. The number of nitrogens with zero attached hydrogens (tertiary/aromatic N) is 3. The molecule has 6 heteroatoms. The van der Waals surface area contributed by atoms with Gasteiger partial charge in [-0.2, -0.15) is 5.21 Å². The molecule has 0 spiro atoms. The van der Waals surface area contributed by atoms with E-state index in [1.807, 2.05) is 13.8 Å². The highest BCUT2D eigenvalue weighted by Gasteiger charge is 2.15. The fourth-order valence-corrected chi connectivity index (χ4v) is 0.769. The maximum Gasteiger partial charge on any atom is 0.230 e. The standard InChI is InChI=1S/C6H12N4O2/c1-3-11-6(12-4-2)5-7-9-10-8-5/h6H,3-4H2,1-2H3,(H,7,8,9,10). The summed E-state index contributed by atoms with van der Waals surface area (Å²) in [7, 11) is 0. The summed E-state index contributed by atoms with van der Waals surface area (Å²) in [5, 5.41) is 13.3. The van der Waals surface area contributed by atoms with E-state index < -0.39 is 6.29 Å². The topological polar surface area (TPSA) is 72.9 Å². The number of nitrogens with one attached hydrogen (secondary N) is 1.